The molecular formula is C17H30N4. The average Bonchev–Trinajstić information content (AvgIpc) is 2.96. The molecule has 0 amide bonds. The van der Waals surface area contributed by atoms with Gasteiger partial charge in [0.1, 0.15) is 0 Å². The minimum atomic E-state index is 0.345. The molecule has 1 saturated heterocycles. The van der Waals surface area contributed by atoms with Gasteiger partial charge in [0.15, 0.2) is 0 Å². The maximum atomic E-state index is 4.49. The first kappa shape index (κ1) is 14.9. The van der Waals surface area contributed by atoms with Crippen molar-refractivity contribution in [3.63, 3.8) is 0 Å². The van der Waals surface area contributed by atoms with E-state index in [4.69, 9.17) is 0 Å². The minimum absolute atomic E-state index is 0.345. The number of hydrogen-bond acceptors (Lipinski definition) is 3. The molecule has 1 aromatic rings. The quantitative estimate of drug-likeness (QED) is 0.929. The third-order valence-electron chi connectivity index (χ3n) is 5.42. The first-order chi connectivity index (χ1) is 10.1. The van der Waals surface area contributed by atoms with Crippen molar-refractivity contribution in [2.24, 2.45) is 5.92 Å². The van der Waals surface area contributed by atoms with E-state index in [1.807, 2.05) is 4.68 Å². The molecular weight excluding hydrogens is 260 g/mol. The third-order valence-corrected chi connectivity index (χ3v) is 5.42. The summed E-state index contributed by atoms with van der Waals surface area (Å²) >= 11 is 0. The topological polar surface area (TPSA) is 33.1 Å². The van der Waals surface area contributed by atoms with Crippen molar-refractivity contribution in [1.29, 1.82) is 0 Å². The molecule has 0 radical (unpaired) electrons. The Bertz CT molecular complexity index is 459. The summed E-state index contributed by atoms with van der Waals surface area (Å²) in [6, 6.07) is 0.576. The molecule has 0 aromatic carbocycles. The van der Waals surface area contributed by atoms with E-state index in [9.17, 15) is 0 Å². The van der Waals surface area contributed by atoms with Crippen LogP contribution >= 0.6 is 0 Å². The number of nitrogens with zero attached hydrogens (tertiary/aromatic N) is 3. The average molecular weight is 290 g/mol. The van der Waals surface area contributed by atoms with Gasteiger partial charge in [-0.3, -0.25) is 4.68 Å². The van der Waals surface area contributed by atoms with Crippen molar-refractivity contribution >= 4 is 5.69 Å². The molecule has 2 aliphatic rings. The first-order valence-corrected chi connectivity index (χ1v) is 8.68. The molecule has 3 rings (SSSR count). The number of nitrogens with one attached hydrogen (secondary N) is 1. The molecule has 1 atom stereocenters. The van der Waals surface area contributed by atoms with Crippen LogP contribution in [0, 0.1) is 5.92 Å². The van der Waals surface area contributed by atoms with Crippen LogP contribution < -0.4 is 10.2 Å². The molecule has 2 fully saturated rings. The van der Waals surface area contributed by atoms with Crippen LogP contribution in [0.1, 0.15) is 52.9 Å². The predicted octanol–water partition coefficient (Wildman–Crippen LogP) is 3.04. The van der Waals surface area contributed by atoms with Gasteiger partial charge >= 0.3 is 0 Å². The van der Waals surface area contributed by atoms with Gasteiger partial charge in [-0.2, -0.15) is 5.10 Å². The van der Waals surface area contributed by atoms with E-state index < -0.39 is 0 Å². The fourth-order valence-electron chi connectivity index (χ4n) is 4.05. The molecule has 4 heteroatoms. The highest BCUT2D eigenvalue weighted by molar-refractivity contribution is 5.46. The summed E-state index contributed by atoms with van der Waals surface area (Å²) in [4.78, 5) is 2.63. The zero-order valence-electron chi connectivity index (χ0n) is 13.8. The highest BCUT2D eigenvalue weighted by atomic mass is 15.3. The lowest BCUT2D eigenvalue weighted by Crippen LogP contribution is -2.66. The van der Waals surface area contributed by atoms with Crippen molar-refractivity contribution < 1.29 is 0 Å². The summed E-state index contributed by atoms with van der Waals surface area (Å²) in [7, 11) is 0. The molecule has 0 bridgehead atoms. The Balaban J connectivity index is 1.84. The second-order valence-corrected chi connectivity index (χ2v) is 7.22. The van der Waals surface area contributed by atoms with Gasteiger partial charge in [0, 0.05) is 37.4 Å². The maximum Gasteiger partial charge on any atom is 0.0756 e. The lowest BCUT2D eigenvalue weighted by Gasteiger charge is -2.51. The zero-order chi connectivity index (χ0) is 14.9. The van der Waals surface area contributed by atoms with Gasteiger partial charge in [-0.15, -0.1) is 0 Å². The Morgan fingerprint density at radius 3 is 2.71 bits per heavy atom. The van der Waals surface area contributed by atoms with Crippen LogP contribution in [-0.2, 0) is 6.54 Å². The highest BCUT2D eigenvalue weighted by Crippen LogP contribution is 2.35. The Hall–Kier alpha value is -1.03. The van der Waals surface area contributed by atoms with E-state index in [0.717, 1.165) is 19.6 Å². The van der Waals surface area contributed by atoms with Crippen molar-refractivity contribution in [3.05, 3.63) is 12.4 Å². The molecule has 1 N–H and O–H groups in total. The van der Waals surface area contributed by atoms with Crippen LogP contribution in [0.2, 0.25) is 0 Å². The van der Waals surface area contributed by atoms with Gasteiger partial charge in [-0.1, -0.05) is 33.1 Å². The van der Waals surface area contributed by atoms with E-state index in [1.54, 1.807) is 0 Å². The maximum absolute atomic E-state index is 4.49. The van der Waals surface area contributed by atoms with E-state index >= 15 is 0 Å². The number of hydrogen-bond donors (Lipinski definition) is 1. The number of aryl methyl sites for hydroxylation is 1. The predicted molar refractivity (Wildman–Crippen MR) is 87.7 cm³/mol. The number of aromatic nitrogens is 2. The molecule has 1 aliphatic heterocycles. The second kappa shape index (κ2) is 5.99. The monoisotopic (exact) mass is 290 g/mol. The number of anilines is 1. The Morgan fingerprint density at radius 1 is 1.33 bits per heavy atom. The van der Waals surface area contributed by atoms with Crippen LogP contribution in [0.3, 0.4) is 0 Å². The largest absolute Gasteiger partial charge is 0.363 e. The highest BCUT2D eigenvalue weighted by Gasteiger charge is 2.41. The Morgan fingerprint density at radius 2 is 2.10 bits per heavy atom. The van der Waals surface area contributed by atoms with Gasteiger partial charge in [0.2, 0.25) is 0 Å². The summed E-state index contributed by atoms with van der Waals surface area (Å²) in [5.74, 6) is 0.656. The lowest BCUT2D eigenvalue weighted by atomic mass is 9.78. The Labute approximate surface area is 128 Å². The van der Waals surface area contributed by atoms with Crippen LogP contribution in [0.5, 0.6) is 0 Å². The molecule has 21 heavy (non-hydrogen) atoms. The van der Waals surface area contributed by atoms with Gasteiger partial charge in [-0.25, -0.2) is 0 Å². The van der Waals surface area contributed by atoms with E-state index in [2.05, 4.69) is 48.5 Å². The number of rotatable bonds is 3. The summed E-state index contributed by atoms with van der Waals surface area (Å²) < 4.78 is 2.04. The normalized spacial score (nSPS) is 25.7. The molecule has 2 heterocycles. The van der Waals surface area contributed by atoms with Crippen LogP contribution in [-0.4, -0.2) is 34.5 Å². The smallest absolute Gasteiger partial charge is 0.0756 e. The lowest BCUT2D eigenvalue weighted by molar-refractivity contribution is 0.184. The first-order valence-electron chi connectivity index (χ1n) is 8.68. The van der Waals surface area contributed by atoms with Crippen molar-refractivity contribution in [2.45, 2.75) is 71.0 Å². The van der Waals surface area contributed by atoms with Crippen LogP contribution in [0.15, 0.2) is 12.4 Å². The summed E-state index contributed by atoms with van der Waals surface area (Å²) in [5.41, 5.74) is 1.65. The van der Waals surface area contributed by atoms with E-state index in [-0.39, 0.29) is 0 Å². The molecule has 4 nitrogen and oxygen atoms in total. The van der Waals surface area contributed by atoms with Crippen molar-refractivity contribution in [1.82, 2.24) is 15.1 Å². The molecule has 1 aliphatic carbocycles. The third kappa shape index (κ3) is 2.96. The molecule has 1 spiro atoms. The van der Waals surface area contributed by atoms with E-state index in [1.165, 1.54) is 37.8 Å². The zero-order valence-corrected chi connectivity index (χ0v) is 13.8. The molecule has 118 valence electrons. The molecule has 1 unspecified atom stereocenters. The van der Waals surface area contributed by atoms with Gasteiger partial charge < -0.3 is 10.2 Å². The number of piperazine rings is 1. The van der Waals surface area contributed by atoms with Crippen LogP contribution in [0.25, 0.3) is 0 Å². The minimum Gasteiger partial charge on any atom is -0.363 e. The molecule has 1 saturated carbocycles. The summed E-state index contributed by atoms with van der Waals surface area (Å²) in [5, 5.41) is 8.41. The Kier molecular flexibility index (Phi) is 4.25. The second-order valence-electron chi connectivity index (χ2n) is 7.22. The standard InChI is InChI=1S/C17H30N4/c1-4-20-12-15(10-19-20)21-13-17(8-6-5-7-9-17)18-11-16(21)14(2)3/h10,12,14,16,18H,4-9,11,13H2,1-3H3. The molecule has 1 aromatic heterocycles. The van der Waals surface area contributed by atoms with Gasteiger partial charge in [-0.05, 0) is 25.7 Å². The van der Waals surface area contributed by atoms with Crippen molar-refractivity contribution in [2.75, 3.05) is 18.0 Å². The van der Waals surface area contributed by atoms with Crippen LogP contribution in [0.4, 0.5) is 5.69 Å². The van der Waals surface area contributed by atoms with E-state index in [0.29, 0.717) is 17.5 Å². The summed E-state index contributed by atoms with van der Waals surface area (Å²) in [6.07, 6.45) is 11.1. The SMILES string of the molecule is CCn1cc(N2CC3(CCCCC3)NCC2C(C)C)cn1. The fourth-order valence-corrected chi connectivity index (χ4v) is 4.05. The van der Waals surface area contributed by atoms with Gasteiger partial charge in [0.25, 0.3) is 0 Å². The van der Waals surface area contributed by atoms with Crippen molar-refractivity contribution in [3.8, 4) is 0 Å². The fraction of sp³-hybridized carbons (Fsp3) is 0.824. The van der Waals surface area contributed by atoms with Gasteiger partial charge in [0.05, 0.1) is 11.9 Å². The summed E-state index contributed by atoms with van der Waals surface area (Å²) in [6.45, 7) is 10.0.